The lowest BCUT2D eigenvalue weighted by atomic mass is 10.2. The van der Waals surface area contributed by atoms with E-state index >= 15 is 0 Å². The van der Waals surface area contributed by atoms with Crippen molar-refractivity contribution in [3.63, 3.8) is 0 Å². The van der Waals surface area contributed by atoms with Crippen molar-refractivity contribution in [1.29, 1.82) is 0 Å². The van der Waals surface area contributed by atoms with Crippen LogP contribution in [0.25, 0.3) is 0 Å². The molecule has 1 rings (SSSR count). The van der Waals surface area contributed by atoms with Crippen LogP contribution in [0.4, 0.5) is 0 Å². The first-order chi connectivity index (χ1) is 7.15. The van der Waals surface area contributed by atoms with Gasteiger partial charge in [-0.05, 0) is 32.3 Å². The minimum absolute atomic E-state index is 0.581. The molecular formula is C11H21N3S. The highest BCUT2D eigenvalue weighted by Gasteiger charge is 2.05. The zero-order valence-electron chi connectivity index (χ0n) is 10.1. The van der Waals surface area contributed by atoms with Gasteiger partial charge in [-0.3, -0.25) is 4.68 Å². The monoisotopic (exact) mass is 227 g/mol. The van der Waals surface area contributed by atoms with Gasteiger partial charge in [0.2, 0.25) is 0 Å². The van der Waals surface area contributed by atoms with E-state index in [4.69, 9.17) is 0 Å². The Kier molecular flexibility index (Phi) is 5.19. The van der Waals surface area contributed by atoms with Crippen LogP contribution in [-0.2, 0) is 13.6 Å². The quantitative estimate of drug-likeness (QED) is 0.805. The summed E-state index contributed by atoms with van der Waals surface area (Å²) in [6, 6.07) is 0.581. The van der Waals surface area contributed by atoms with Crippen LogP contribution in [0.3, 0.4) is 0 Å². The fourth-order valence-electron chi connectivity index (χ4n) is 1.40. The zero-order chi connectivity index (χ0) is 11.3. The summed E-state index contributed by atoms with van der Waals surface area (Å²) in [6.07, 6.45) is 5.32. The Morgan fingerprint density at radius 3 is 2.87 bits per heavy atom. The molecule has 0 amide bonds. The van der Waals surface area contributed by atoms with E-state index in [1.807, 2.05) is 29.7 Å². The maximum Gasteiger partial charge on any atom is 0.0537 e. The first kappa shape index (κ1) is 12.6. The number of nitrogens with one attached hydrogen (secondary N) is 1. The summed E-state index contributed by atoms with van der Waals surface area (Å²) in [5.41, 5.74) is 2.55. The van der Waals surface area contributed by atoms with Gasteiger partial charge in [0.05, 0.1) is 6.20 Å². The Morgan fingerprint density at radius 2 is 2.33 bits per heavy atom. The number of hydrogen-bond donors (Lipinski definition) is 1. The minimum Gasteiger partial charge on any atom is -0.310 e. The third kappa shape index (κ3) is 3.87. The van der Waals surface area contributed by atoms with Gasteiger partial charge in [0.25, 0.3) is 0 Å². The Balaban J connectivity index is 2.33. The maximum absolute atomic E-state index is 4.23. The Morgan fingerprint density at radius 1 is 1.60 bits per heavy atom. The number of thioether (sulfide) groups is 1. The third-order valence-electron chi connectivity index (χ3n) is 2.73. The second kappa shape index (κ2) is 6.18. The molecule has 3 nitrogen and oxygen atoms in total. The predicted molar refractivity (Wildman–Crippen MR) is 67.2 cm³/mol. The van der Waals surface area contributed by atoms with Crippen LogP contribution >= 0.6 is 11.8 Å². The van der Waals surface area contributed by atoms with Crippen LogP contribution < -0.4 is 5.32 Å². The van der Waals surface area contributed by atoms with Crippen LogP contribution in [0.2, 0.25) is 0 Å². The number of aryl methyl sites for hydroxylation is 1. The van der Waals surface area contributed by atoms with Gasteiger partial charge in [-0.25, -0.2) is 0 Å². The topological polar surface area (TPSA) is 29.9 Å². The highest BCUT2D eigenvalue weighted by Crippen LogP contribution is 2.06. The van der Waals surface area contributed by atoms with Gasteiger partial charge < -0.3 is 5.32 Å². The smallest absolute Gasteiger partial charge is 0.0537 e. The van der Waals surface area contributed by atoms with E-state index in [0.29, 0.717) is 6.04 Å². The number of nitrogens with zero attached hydrogens (tertiary/aromatic N) is 2. The first-order valence-electron chi connectivity index (χ1n) is 5.35. The Hall–Kier alpha value is -0.480. The van der Waals surface area contributed by atoms with Crippen molar-refractivity contribution in [3.05, 3.63) is 17.5 Å². The zero-order valence-corrected chi connectivity index (χ0v) is 10.9. The molecule has 1 heterocycles. The summed E-state index contributed by atoms with van der Waals surface area (Å²) >= 11 is 1.90. The summed E-state index contributed by atoms with van der Waals surface area (Å²) in [5, 5.41) is 7.75. The van der Waals surface area contributed by atoms with E-state index in [-0.39, 0.29) is 0 Å². The van der Waals surface area contributed by atoms with Crippen LogP contribution in [0.5, 0.6) is 0 Å². The number of rotatable bonds is 6. The van der Waals surface area contributed by atoms with E-state index in [2.05, 4.69) is 30.5 Å². The van der Waals surface area contributed by atoms with Gasteiger partial charge in [-0.1, -0.05) is 0 Å². The van der Waals surface area contributed by atoms with E-state index in [1.165, 1.54) is 23.4 Å². The fourth-order valence-corrected chi connectivity index (χ4v) is 1.99. The second-order valence-corrected chi connectivity index (χ2v) is 4.93. The molecule has 0 spiro atoms. The standard InChI is InChI=1S/C11H21N3S/c1-9(5-6-15-4)12-7-11-8-13-14(3)10(11)2/h8-9,12H,5-7H2,1-4H3. The molecule has 0 aliphatic rings. The molecule has 0 saturated carbocycles. The lowest BCUT2D eigenvalue weighted by Crippen LogP contribution is -2.26. The van der Waals surface area contributed by atoms with E-state index < -0.39 is 0 Å². The van der Waals surface area contributed by atoms with Gasteiger partial charge in [-0.15, -0.1) is 0 Å². The number of aromatic nitrogens is 2. The SMILES string of the molecule is CSCCC(C)NCc1cnn(C)c1C. The minimum atomic E-state index is 0.581. The lowest BCUT2D eigenvalue weighted by molar-refractivity contribution is 0.536. The molecule has 0 bridgehead atoms. The molecule has 1 unspecified atom stereocenters. The molecule has 0 radical (unpaired) electrons. The summed E-state index contributed by atoms with van der Waals surface area (Å²) in [5.74, 6) is 1.22. The van der Waals surface area contributed by atoms with Crippen molar-refractivity contribution in [2.24, 2.45) is 7.05 Å². The van der Waals surface area contributed by atoms with Crippen LogP contribution in [-0.4, -0.2) is 27.8 Å². The lowest BCUT2D eigenvalue weighted by Gasteiger charge is -2.12. The molecule has 0 saturated heterocycles. The van der Waals surface area contributed by atoms with Gasteiger partial charge >= 0.3 is 0 Å². The average Bonchev–Trinajstić information content (AvgIpc) is 2.54. The third-order valence-corrected chi connectivity index (χ3v) is 3.38. The predicted octanol–water partition coefficient (Wildman–Crippen LogP) is 1.96. The molecule has 1 N–H and O–H groups in total. The average molecular weight is 227 g/mol. The second-order valence-electron chi connectivity index (χ2n) is 3.94. The van der Waals surface area contributed by atoms with Gasteiger partial charge in [0.15, 0.2) is 0 Å². The van der Waals surface area contributed by atoms with E-state index in [9.17, 15) is 0 Å². The molecule has 86 valence electrons. The summed E-state index contributed by atoms with van der Waals surface area (Å²) in [4.78, 5) is 0. The molecule has 1 aromatic heterocycles. The summed E-state index contributed by atoms with van der Waals surface area (Å²) in [6.45, 7) is 5.27. The molecule has 15 heavy (non-hydrogen) atoms. The van der Waals surface area contributed by atoms with E-state index in [1.54, 1.807) is 0 Å². The summed E-state index contributed by atoms with van der Waals surface area (Å²) in [7, 11) is 1.98. The highest BCUT2D eigenvalue weighted by atomic mass is 32.2. The first-order valence-corrected chi connectivity index (χ1v) is 6.74. The molecule has 1 atom stereocenters. The molecule has 0 aliphatic carbocycles. The van der Waals surface area contributed by atoms with Crippen molar-refractivity contribution >= 4 is 11.8 Å². The van der Waals surface area contributed by atoms with Crippen molar-refractivity contribution in [3.8, 4) is 0 Å². The molecular weight excluding hydrogens is 206 g/mol. The largest absolute Gasteiger partial charge is 0.310 e. The van der Waals surface area contributed by atoms with Gasteiger partial charge in [0.1, 0.15) is 0 Å². The molecule has 4 heteroatoms. The number of hydrogen-bond acceptors (Lipinski definition) is 3. The molecule has 0 aliphatic heterocycles. The van der Waals surface area contributed by atoms with Crippen LogP contribution in [0.1, 0.15) is 24.6 Å². The normalized spacial score (nSPS) is 13.1. The molecule has 0 fully saturated rings. The maximum atomic E-state index is 4.23. The highest BCUT2D eigenvalue weighted by molar-refractivity contribution is 7.98. The summed E-state index contributed by atoms with van der Waals surface area (Å²) < 4.78 is 1.92. The van der Waals surface area contributed by atoms with Crippen molar-refractivity contribution in [1.82, 2.24) is 15.1 Å². The van der Waals surface area contributed by atoms with Gasteiger partial charge in [-0.2, -0.15) is 16.9 Å². The Labute approximate surface area is 96.6 Å². The molecule has 0 aromatic carbocycles. The Bertz CT molecular complexity index is 296. The van der Waals surface area contributed by atoms with Crippen LogP contribution in [0.15, 0.2) is 6.20 Å². The fraction of sp³-hybridized carbons (Fsp3) is 0.727. The van der Waals surface area contributed by atoms with Crippen LogP contribution in [0, 0.1) is 6.92 Å². The van der Waals surface area contributed by atoms with E-state index in [0.717, 1.165) is 6.54 Å². The van der Waals surface area contributed by atoms with Crippen molar-refractivity contribution in [2.75, 3.05) is 12.0 Å². The van der Waals surface area contributed by atoms with Crippen molar-refractivity contribution < 1.29 is 0 Å². The van der Waals surface area contributed by atoms with Crippen molar-refractivity contribution in [2.45, 2.75) is 32.9 Å². The van der Waals surface area contributed by atoms with Gasteiger partial charge in [0, 0.05) is 30.9 Å². The molecule has 1 aromatic rings.